The van der Waals surface area contributed by atoms with Crippen LogP contribution in [0.15, 0.2) is 24.3 Å². The van der Waals surface area contributed by atoms with E-state index in [0.717, 1.165) is 10.9 Å². The number of halogens is 1. The van der Waals surface area contributed by atoms with Gasteiger partial charge in [0.15, 0.2) is 0 Å². The quantitative estimate of drug-likeness (QED) is 0.615. The van der Waals surface area contributed by atoms with Crippen molar-refractivity contribution in [1.82, 2.24) is 0 Å². The Bertz CT molecular complexity index is 282. The lowest BCUT2D eigenvalue weighted by Crippen LogP contribution is -2.00. The molecule has 1 rings (SSSR count). The maximum absolute atomic E-state index is 11.0. The summed E-state index contributed by atoms with van der Waals surface area (Å²) in [6, 6.07) is 7.28. The molecule has 0 aliphatic rings. The van der Waals surface area contributed by atoms with Gasteiger partial charge in [0.1, 0.15) is 0 Å². The monoisotopic (exact) mass is 274 g/mol. The third kappa shape index (κ3) is 5.54. The van der Waals surface area contributed by atoms with Crippen molar-refractivity contribution in [3.63, 3.8) is 0 Å². The molecular formula is C11H15BrO3. The van der Waals surface area contributed by atoms with Gasteiger partial charge in [0.25, 0.3) is 0 Å². The lowest BCUT2D eigenvalue weighted by atomic mass is 10.1. The summed E-state index contributed by atoms with van der Waals surface area (Å²) in [4.78, 5) is 11.0. The van der Waals surface area contributed by atoms with Crippen LogP contribution in [0.25, 0.3) is 0 Å². The molecule has 1 aromatic rings. The Balaban J connectivity index is 0.000000583. The Morgan fingerprint density at radius 2 is 1.67 bits per heavy atom. The Morgan fingerprint density at radius 3 is 2.00 bits per heavy atom. The van der Waals surface area contributed by atoms with Gasteiger partial charge in [-0.05, 0) is 17.7 Å². The molecule has 0 aromatic heterocycles. The van der Waals surface area contributed by atoms with Crippen molar-refractivity contribution < 1.29 is 14.3 Å². The second kappa shape index (κ2) is 8.44. The van der Waals surface area contributed by atoms with Gasteiger partial charge in [-0.25, -0.2) is 4.79 Å². The van der Waals surface area contributed by atoms with Gasteiger partial charge in [0.05, 0.1) is 12.7 Å². The molecule has 0 unspecified atom stereocenters. The molecule has 0 N–H and O–H groups in total. The molecule has 0 bridgehead atoms. The maximum Gasteiger partial charge on any atom is 0.337 e. The summed E-state index contributed by atoms with van der Waals surface area (Å²) in [5, 5.41) is 0.800. The van der Waals surface area contributed by atoms with Gasteiger partial charge >= 0.3 is 5.97 Å². The van der Waals surface area contributed by atoms with E-state index in [0.29, 0.717) is 5.56 Å². The summed E-state index contributed by atoms with van der Waals surface area (Å²) in [6.45, 7) is 0. The number of hydrogen-bond donors (Lipinski definition) is 0. The average Bonchev–Trinajstić information content (AvgIpc) is 2.29. The predicted octanol–water partition coefficient (Wildman–Crippen LogP) is 2.63. The molecule has 0 amide bonds. The minimum absolute atomic E-state index is 0.295. The van der Waals surface area contributed by atoms with Gasteiger partial charge < -0.3 is 9.47 Å². The highest BCUT2D eigenvalue weighted by Gasteiger charge is 2.02. The van der Waals surface area contributed by atoms with Crippen LogP contribution < -0.4 is 0 Å². The number of alkyl halides is 1. The number of carbonyl (C=O) groups is 1. The Labute approximate surface area is 98.5 Å². The second-order valence-corrected chi connectivity index (χ2v) is 3.29. The van der Waals surface area contributed by atoms with Crippen molar-refractivity contribution >= 4 is 21.9 Å². The second-order valence-electron chi connectivity index (χ2n) is 2.73. The first kappa shape index (κ1) is 14.1. The van der Waals surface area contributed by atoms with Crippen LogP contribution in [-0.2, 0) is 14.8 Å². The van der Waals surface area contributed by atoms with Crippen molar-refractivity contribution in [2.24, 2.45) is 0 Å². The fourth-order valence-corrected chi connectivity index (χ4v) is 1.22. The number of benzene rings is 1. The summed E-state index contributed by atoms with van der Waals surface area (Å²) in [7, 11) is 4.63. The summed E-state index contributed by atoms with van der Waals surface area (Å²) >= 11 is 3.32. The molecule has 1 aromatic carbocycles. The van der Waals surface area contributed by atoms with Crippen LogP contribution in [-0.4, -0.2) is 27.3 Å². The normalized spacial score (nSPS) is 8.80. The fourth-order valence-electron chi connectivity index (χ4n) is 0.848. The van der Waals surface area contributed by atoms with E-state index in [1.54, 1.807) is 26.4 Å². The zero-order chi connectivity index (χ0) is 11.7. The highest BCUT2D eigenvalue weighted by Crippen LogP contribution is 2.08. The summed E-state index contributed by atoms with van der Waals surface area (Å²) in [5.74, 6) is -0.295. The first-order valence-corrected chi connectivity index (χ1v) is 5.45. The molecule has 0 radical (unpaired) electrons. The molecular weight excluding hydrogens is 260 g/mol. The van der Waals surface area contributed by atoms with Crippen molar-refractivity contribution in [3.05, 3.63) is 35.4 Å². The minimum atomic E-state index is -0.295. The number of ether oxygens (including phenoxy) is 2. The van der Waals surface area contributed by atoms with Crippen LogP contribution in [0, 0.1) is 0 Å². The van der Waals surface area contributed by atoms with Crippen LogP contribution >= 0.6 is 15.9 Å². The lowest BCUT2D eigenvalue weighted by Gasteiger charge is -1.99. The van der Waals surface area contributed by atoms with Crippen LogP contribution in [0.1, 0.15) is 15.9 Å². The maximum atomic E-state index is 11.0. The molecule has 4 heteroatoms. The molecule has 84 valence electrons. The molecule has 3 nitrogen and oxygen atoms in total. The van der Waals surface area contributed by atoms with Gasteiger partial charge in [0.2, 0.25) is 0 Å². The largest absolute Gasteiger partial charge is 0.465 e. The highest BCUT2D eigenvalue weighted by molar-refractivity contribution is 9.08. The first-order chi connectivity index (χ1) is 7.19. The van der Waals surface area contributed by atoms with Crippen LogP contribution in [0.3, 0.4) is 0 Å². The van der Waals surface area contributed by atoms with E-state index < -0.39 is 0 Å². The average molecular weight is 275 g/mol. The SMILES string of the molecule is COC.COC(=O)c1ccc(CBr)cc1. The van der Waals surface area contributed by atoms with Gasteiger partial charge in [-0.2, -0.15) is 0 Å². The van der Waals surface area contributed by atoms with E-state index >= 15 is 0 Å². The fraction of sp³-hybridized carbons (Fsp3) is 0.364. The van der Waals surface area contributed by atoms with E-state index in [1.165, 1.54) is 7.11 Å². The van der Waals surface area contributed by atoms with Crippen LogP contribution in [0.4, 0.5) is 0 Å². The Morgan fingerprint density at radius 1 is 1.20 bits per heavy atom. The third-order valence-corrected chi connectivity index (χ3v) is 2.18. The lowest BCUT2D eigenvalue weighted by molar-refractivity contribution is 0.0601. The topological polar surface area (TPSA) is 35.5 Å². The number of carbonyl (C=O) groups excluding carboxylic acids is 1. The third-order valence-electron chi connectivity index (χ3n) is 1.53. The predicted molar refractivity (Wildman–Crippen MR) is 63.3 cm³/mol. The van der Waals surface area contributed by atoms with E-state index in [4.69, 9.17) is 0 Å². The molecule has 0 aliphatic heterocycles. The number of rotatable bonds is 2. The van der Waals surface area contributed by atoms with E-state index in [1.807, 2.05) is 12.1 Å². The standard InChI is InChI=1S/C9H9BrO2.C2H6O/c1-12-9(11)8-4-2-7(6-10)3-5-8;1-3-2/h2-5H,6H2,1H3;1-2H3. The van der Waals surface area contributed by atoms with Crippen LogP contribution in [0.5, 0.6) is 0 Å². The molecule has 0 heterocycles. The van der Waals surface area contributed by atoms with Gasteiger partial charge in [-0.3, -0.25) is 0 Å². The molecule has 0 fully saturated rings. The van der Waals surface area contributed by atoms with Gasteiger partial charge in [0, 0.05) is 19.5 Å². The van der Waals surface area contributed by atoms with E-state index in [-0.39, 0.29) is 5.97 Å². The van der Waals surface area contributed by atoms with E-state index in [9.17, 15) is 4.79 Å². The van der Waals surface area contributed by atoms with Crippen molar-refractivity contribution in [1.29, 1.82) is 0 Å². The number of hydrogen-bond acceptors (Lipinski definition) is 3. The molecule has 0 spiro atoms. The van der Waals surface area contributed by atoms with Crippen molar-refractivity contribution in [2.45, 2.75) is 5.33 Å². The summed E-state index contributed by atoms with van der Waals surface area (Å²) < 4.78 is 8.81. The summed E-state index contributed by atoms with van der Waals surface area (Å²) in [5.41, 5.74) is 1.73. The van der Waals surface area contributed by atoms with Crippen molar-refractivity contribution in [3.8, 4) is 0 Å². The molecule has 0 atom stereocenters. The summed E-state index contributed by atoms with van der Waals surface area (Å²) in [6.07, 6.45) is 0. The Kier molecular flexibility index (Phi) is 7.95. The van der Waals surface area contributed by atoms with Crippen molar-refractivity contribution in [2.75, 3.05) is 21.3 Å². The highest BCUT2D eigenvalue weighted by atomic mass is 79.9. The smallest absolute Gasteiger partial charge is 0.337 e. The Hall–Kier alpha value is -0.870. The van der Waals surface area contributed by atoms with Gasteiger partial charge in [-0.15, -0.1) is 0 Å². The van der Waals surface area contributed by atoms with E-state index in [2.05, 4.69) is 25.4 Å². The first-order valence-electron chi connectivity index (χ1n) is 4.33. The molecule has 0 saturated heterocycles. The zero-order valence-corrected chi connectivity index (χ0v) is 10.7. The van der Waals surface area contributed by atoms with Crippen LogP contribution in [0.2, 0.25) is 0 Å². The van der Waals surface area contributed by atoms with Gasteiger partial charge in [-0.1, -0.05) is 28.1 Å². The molecule has 0 aliphatic carbocycles. The molecule has 15 heavy (non-hydrogen) atoms. The minimum Gasteiger partial charge on any atom is -0.465 e. The zero-order valence-electron chi connectivity index (χ0n) is 9.12. The number of esters is 1. The number of methoxy groups -OCH3 is 2. The molecule has 0 saturated carbocycles.